The molecule has 0 aromatic carbocycles. The topological polar surface area (TPSA) is 76.2 Å². The highest BCUT2D eigenvalue weighted by Gasteiger charge is 2.15. The highest BCUT2D eigenvalue weighted by atomic mass is 16.5. The van der Waals surface area contributed by atoms with Crippen LogP contribution >= 0.6 is 0 Å². The normalized spacial score (nSPS) is 15.1. The van der Waals surface area contributed by atoms with Crippen molar-refractivity contribution in [3.05, 3.63) is 30.6 Å². The van der Waals surface area contributed by atoms with Crippen molar-refractivity contribution in [1.82, 2.24) is 20.2 Å². The standard InChI is InChI=1S/C18H21N5O2/c1-12(2)25-17-10-14-15(11-20-17)21-22-18(14)13-3-4-19-16(9-13)23-5-7-24-8-6-23/h3-4,9-12H,5-8H2,1-2H3,(H,21,22). The summed E-state index contributed by atoms with van der Waals surface area (Å²) in [4.78, 5) is 11.1. The number of ether oxygens (including phenoxy) is 2. The molecule has 4 heterocycles. The minimum Gasteiger partial charge on any atom is -0.475 e. The van der Waals surface area contributed by atoms with E-state index in [9.17, 15) is 0 Å². The Hall–Kier alpha value is -2.67. The van der Waals surface area contributed by atoms with Crippen molar-refractivity contribution >= 4 is 16.7 Å². The van der Waals surface area contributed by atoms with E-state index in [4.69, 9.17) is 9.47 Å². The van der Waals surface area contributed by atoms with Crippen molar-refractivity contribution in [3.8, 4) is 17.1 Å². The molecule has 4 rings (SSSR count). The molecular weight excluding hydrogens is 318 g/mol. The summed E-state index contributed by atoms with van der Waals surface area (Å²) < 4.78 is 11.1. The van der Waals surface area contributed by atoms with Gasteiger partial charge in [0.25, 0.3) is 0 Å². The van der Waals surface area contributed by atoms with E-state index in [1.807, 2.05) is 32.2 Å². The first-order valence-electron chi connectivity index (χ1n) is 8.50. The fraction of sp³-hybridized carbons (Fsp3) is 0.389. The number of hydrogen-bond donors (Lipinski definition) is 1. The SMILES string of the molecule is CC(C)Oc1cc2c(-c3ccnc(N4CCOCC4)c3)n[nH]c2cn1. The molecule has 0 atom stereocenters. The van der Waals surface area contributed by atoms with Crippen LogP contribution in [0.2, 0.25) is 0 Å². The van der Waals surface area contributed by atoms with Crippen LogP contribution < -0.4 is 9.64 Å². The van der Waals surface area contributed by atoms with Crippen LogP contribution in [0.3, 0.4) is 0 Å². The van der Waals surface area contributed by atoms with Crippen molar-refractivity contribution in [2.24, 2.45) is 0 Å². The molecule has 0 amide bonds. The second-order valence-electron chi connectivity index (χ2n) is 6.31. The van der Waals surface area contributed by atoms with Crippen LogP contribution in [-0.4, -0.2) is 52.6 Å². The van der Waals surface area contributed by atoms with Crippen LogP contribution in [0, 0.1) is 0 Å². The molecule has 1 N–H and O–H groups in total. The van der Waals surface area contributed by atoms with Gasteiger partial charge in [0.1, 0.15) is 11.5 Å². The van der Waals surface area contributed by atoms with E-state index < -0.39 is 0 Å². The molecule has 1 saturated heterocycles. The largest absolute Gasteiger partial charge is 0.475 e. The quantitative estimate of drug-likeness (QED) is 0.787. The number of nitrogens with one attached hydrogen (secondary N) is 1. The first kappa shape index (κ1) is 15.8. The van der Waals surface area contributed by atoms with Gasteiger partial charge in [-0.2, -0.15) is 5.10 Å². The predicted octanol–water partition coefficient (Wildman–Crippen LogP) is 2.64. The van der Waals surface area contributed by atoms with Crippen molar-refractivity contribution in [1.29, 1.82) is 0 Å². The molecule has 0 aliphatic carbocycles. The van der Waals surface area contributed by atoms with Gasteiger partial charge in [0, 0.05) is 36.3 Å². The fourth-order valence-electron chi connectivity index (χ4n) is 2.95. The molecule has 1 aliphatic heterocycles. The lowest BCUT2D eigenvalue weighted by Gasteiger charge is -2.27. The Labute approximate surface area is 146 Å². The molecule has 25 heavy (non-hydrogen) atoms. The Bertz CT molecular complexity index is 871. The number of aromatic amines is 1. The summed E-state index contributed by atoms with van der Waals surface area (Å²) in [6, 6.07) is 5.98. The van der Waals surface area contributed by atoms with E-state index in [-0.39, 0.29) is 6.10 Å². The highest BCUT2D eigenvalue weighted by molar-refractivity contribution is 5.93. The summed E-state index contributed by atoms with van der Waals surface area (Å²) in [5.74, 6) is 1.55. The highest BCUT2D eigenvalue weighted by Crippen LogP contribution is 2.30. The molecule has 130 valence electrons. The minimum absolute atomic E-state index is 0.0779. The first-order valence-corrected chi connectivity index (χ1v) is 8.50. The zero-order valence-corrected chi connectivity index (χ0v) is 14.4. The summed E-state index contributed by atoms with van der Waals surface area (Å²) in [5.41, 5.74) is 2.78. The molecule has 1 fully saturated rings. The number of aromatic nitrogens is 4. The van der Waals surface area contributed by atoms with Crippen LogP contribution in [-0.2, 0) is 4.74 Å². The average molecular weight is 339 g/mol. The molecule has 0 bridgehead atoms. The second kappa shape index (κ2) is 6.68. The number of morpholine rings is 1. The maximum absolute atomic E-state index is 5.71. The minimum atomic E-state index is 0.0779. The van der Waals surface area contributed by atoms with E-state index >= 15 is 0 Å². The molecule has 7 heteroatoms. The number of nitrogens with zero attached hydrogens (tertiary/aromatic N) is 4. The number of pyridine rings is 2. The molecule has 0 spiro atoms. The third-order valence-corrected chi connectivity index (χ3v) is 4.13. The van der Waals surface area contributed by atoms with E-state index in [0.29, 0.717) is 5.88 Å². The molecular formula is C18H21N5O2. The summed E-state index contributed by atoms with van der Waals surface area (Å²) >= 11 is 0. The third kappa shape index (κ3) is 3.28. The van der Waals surface area contributed by atoms with E-state index in [2.05, 4.69) is 31.1 Å². The maximum atomic E-state index is 5.71. The van der Waals surface area contributed by atoms with Gasteiger partial charge in [0.05, 0.1) is 31.0 Å². The zero-order chi connectivity index (χ0) is 17.2. The lowest BCUT2D eigenvalue weighted by molar-refractivity contribution is 0.122. The smallest absolute Gasteiger partial charge is 0.214 e. The average Bonchev–Trinajstić information content (AvgIpc) is 3.05. The molecule has 0 radical (unpaired) electrons. The number of anilines is 1. The number of hydrogen-bond acceptors (Lipinski definition) is 6. The Kier molecular flexibility index (Phi) is 4.23. The molecule has 3 aromatic heterocycles. The van der Waals surface area contributed by atoms with Crippen LogP contribution in [0.1, 0.15) is 13.8 Å². The van der Waals surface area contributed by atoms with Gasteiger partial charge in [0.15, 0.2) is 0 Å². The Morgan fingerprint density at radius 3 is 2.84 bits per heavy atom. The molecule has 0 unspecified atom stereocenters. The van der Waals surface area contributed by atoms with Crippen molar-refractivity contribution in [2.75, 3.05) is 31.2 Å². The summed E-state index contributed by atoms with van der Waals surface area (Å²) in [6.07, 6.45) is 3.66. The second-order valence-corrected chi connectivity index (χ2v) is 6.31. The van der Waals surface area contributed by atoms with Crippen molar-refractivity contribution < 1.29 is 9.47 Å². The summed E-state index contributed by atoms with van der Waals surface area (Å²) in [5, 5.41) is 8.52. The van der Waals surface area contributed by atoms with E-state index in [1.165, 1.54) is 0 Å². The number of fused-ring (bicyclic) bond motifs is 1. The van der Waals surface area contributed by atoms with Crippen LogP contribution in [0.4, 0.5) is 5.82 Å². The fourth-order valence-corrected chi connectivity index (χ4v) is 2.95. The van der Waals surface area contributed by atoms with Crippen LogP contribution in [0.25, 0.3) is 22.2 Å². The Balaban J connectivity index is 1.71. The predicted molar refractivity (Wildman–Crippen MR) is 95.9 cm³/mol. The summed E-state index contributed by atoms with van der Waals surface area (Å²) in [6.45, 7) is 7.15. The van der Waals surface area contributed by atoms with Gasteiger partial charge in [-0.3, -0.25) is 5.10 Å². The first-order chi connectivity index (χ1) is 12.2. The molecule has 7 nitrogen and oxygen atoms in total. The molecule has 3 aromatic rings. The van der Waals surface area contributed by atoms with Gasteiger partial charge in [0.2, 0.25) is 5.88 Å². The molecule has 0 saturated carbocycles. The summed E-state index contributed by atoms with van der Waals surface area (Å²) in [7, 11) is 0. The van der Waals surface area contributed by atoms with Crippen molar-refractivity contribution in [3.63, 3.8) is 0 Å². The number of rotatable bonds is 4. The lowest BCUT2D eigenvalue weighted by atomic mass is 10.1. The maximum Gasteiger partial charge on any atom is 0.214 e. The van der Waals surface area contributed by atoms with Gasteiger partial charge in [-0.05, 0) is 26.0 Å². The van der Waals surface area contributed by atoms with E-state index in [1.54, 1.807) is 6.20 Å². The molecule has 1 aliphatic rings. The van der Waals surface area contributed by atoms with Crippen LogP contribution in [0.15, 0.2) is 30.6 Å². The van der Waals surface area contributed by atoms with Gasteiger partial charge < -0.3 is 14.4 Å². The Morgan fingerprint density at radius 1 is 1.20 bits per heavy atom. The monoisotopic (exact) mass is 339 g/mol. The van der Waals surface area contributed by atoms with Crippen molar-refractivity contribution in [2.45, 2.75) is 20.0 Å². The number of H-pyrrole nitrogens is 1. The zero-order valence-electron chi connectivity index (χ0n) is 14.4. The lowest BCUT2D eigenvalue weighted by Crippen LogP contribution is -2.36. The Morgan fingerprint density at radius 2 is 2.04 bits per heavy atom. The van der Waals surface area contributed by atoms with Gasteiger partial charge >= 0.3 is 0 Å². The van der Waals surface area contributed by atoms with Gasteiger partial charge in [-0.15, -0.1) is 0 Å². The van der Waals surface area contributed by atoms with E-state index in [0.717, 1.165) is 54.3 Å². The third-order valence-electron chi connectivity index (χ3n) is 4.13. The van der Waals surface area contributed by atoms with Crippen LogP contribution in [0.5, 0.6) is 5.88 Å². The van der Waals surface area contributed by atoms with Gasteiger partial charge in [-0.25, -0.2) is 9.97 Å². The van der Waals surface area contributed by atoms with Gasteiger partial charge in [-0.1, -0.05) is 0 Å².